The van der Waals surface area contributed by atoms with Gasteiger partial charge in [0.1, 0.15) is 13.2 Å². The molecule has 344 valence electrons. The normalized spacial score (nSPS) is 12.7. The van der Waals surface area contributed by atoms with Crippen molar-refractivity contribution in [2.24, 2.45) is 0 Å². The number of rotatable bonds is 44. The summed E-state index contributed by atoms with van der Waals surface area (Å²) in [7, 11) is 0. The largest absolute Gasteiger partial charge is 0.462 e. The number of allylic oxidation sites excluding steroid dienone is 12. The van der Waals surface area contributed by atoms with Crippen molar-refractivity contribution in [2.45, 2.75) is 239 Å². The molecule has 0 heterocycles. The van der Waals surface area contributed by atoms with E-state index < -0.39 is 6.10 Å². The molecule has 1 atom stereocenters. The topological polar surface area (TPSA) is 78.9 Å². The zero-order valence-electron chi connectivity index (χ0n) is 39.2. The summed E-state index contributed by atoms with van der Waals surface area (Å²) in [6.45, 7) is 6.45. The lowest BCUT2D eigenvalue weighted by atomic mass is 10.1. The summed E-state index contributed by atoms with van der Waals surface area (Å²) in [5.41, 5.74) is 0. The van der Waals surface area contributed by atoms with Crippen LogP contribution in [0.15, 0.2) is 72.9 Å². The number of carbonyl (C=O) groups is 3. The lowest BCUT2D eigenvalue weighted by Crippen LogP contribution is -2.30. The van der Waals surface area contributed by atoms with E-state index in [0.717, 1.165) is 109 Å². The van der Waals surface area contributed by atoms with Crippen molar-refractivity contribution in [3.05, 3.63) is 72.9 Å². The van der Waals surface area contributed by atoms with Gasteiger partial charge in [-0.3, -0.25) is 14.4 Å². The van der Waals surface area contributed by atoms with Gasteiger partial charge in [-0.05, 0) is 89.9 Å². The van der Waals surface area contributed by atoms with Crippen LogP contribution in [0.3, 0.4) is 0 Å². The van der Waals surface area contributed by atoms with Gasteiger partial charge in [-0.25, -0.2) is 0 Å². The van der Waals surface area contributed by atoms with E-state index >= 15 is 0 Å². The molecule has 0 rings (SSSR count). The number of unbranched alkanes of at least 4 members (excludes halogenated alkanes) is 21. The second-order valence-corrected chi connectivity index (χ2v) is 16.3. The number of carbonyl (C=O) groups excluding carboxylic acids is 3. The van der Waals surface area contributed by atoms with Crippen LogP contribution in [0.5, 0.6) is 0 Å². The average molecular weight is 837 g/mol. The highest BCUT2D eigenvalue weighted by molar-refractivity contribution is 5.71. The third-order valence-electron chi connectivity index (χ3n) is 10.4. The Labute approximate surface area is 370 Å². The molecule has 0 radical (unpaired) electrons. The van der Waals surface area contributed by atoms with Gasteiger partial charge in [-0.15, -0.1) is 0 Å². The van der Waals surface area contributed by atoms with Crippen LogP contribution < -0.4 is 0 Å². The van der Waals surface area contributed by atoms with Crippen molar-refractivity contribution < 1.29 is 28.6 Å². The Balaban J connectivity index is 4.42. The number of ether oxygens (including phenoxy) is 3. The minimum atomic E-state index is -0.790. The van der Waals surface area contributed by atoms with E-state index in [1.165, 1.54) is 83.5 Å². The highest BCUT2D eigenvalue weighted by Gasteiger charge is 2.19. The molecular weight excluding hydrogens is 745 g/mol. The van der Waals surface area contributed by atoms with Crippen LogP contribution in [0.25, 0.3) is 0 Å². The second kappa shape index (κ2) is 48.5. The first-order valence-electron chi connectivity index (χ1n) is 24.9. The average Bonchev–Trinajstić information content (AvgIpc) is 3.24. The summed E-state index contributed by atoms with van der Waals surface area (Å²) in [5, 5.41) is 0. The minimum absolute atomic E-state index is 0.0882. The molecule has 0 aromatic heterocycles. The summed E-state index contributed by atoms with van der Waals surface area (Å²) >= 11 is 0. The van der Waals surface area contributed by atoms with Crippen molar-refractivity contribution in [1.29, 1.82) is 0 Å². The van der Waals surface area contributed by atoms with E-state index in [1.54, 1.807) is 0 Å². The first kappa shape index (κ1) is 56.9. The molecule has 60 heavy (non-hydrogen) atoms. The van der Waals surface area contributed by atoms with Crippen LogP contribution >= 0.6 is 0 Å². The van der Waals surface area contributed by atoms with E-state index in [4.69, 9.17) is 14.2 Å². The Kier molecular flexibility index (Phi) is 46.0. The lowest BCUT2D eigenvalue weighted by Gasteiger charge is -2.18. The molecule has 0 unspecified atom stereocenters. The van der Waals surface area contributed by atoms with E-state index in [0.29, 0.717) is 19.3 Å². The summed E-state index contributed by atoms with van der Waals surface area (Å²) in [6.07, 6.45) is 60.2. The van der Waals surface area contributed by atoms with Gasteiger partial charge in [0, 0.05) is 19.3 Å². The molecule has 0 aliphatic heterocycles. The van der Waals surface area contributed by atoms with Crippen molar-refractivity contribution >= 4 is 17.9 Å². The van der Waals surface area contributed by atoms with Crippen molar-refractivity contribution in [3.8, 4) is 0 Å². The third kappa shape index (κ3) is 45.9. The zero-order chi connectivity index (χ0) is 43.7. The molecule has 0 aliphatic rings. The smallest absolute Gasteiger partial charge is 0.306 e. The molecule has 0 saturated carbocycles. The van der Waals surface area contributed by atoms with E-state index in [2.05, 4.69) is 93.7 Å². The van der Waals surface area contributed by atoms with Gasteiger partial charge in [0.2, 0.25) is 0 Å². The predicted molar refractivity (Wildman–Crippen MR) is 256 cm³/mol. The zero-order valence-corrected chi connectivity index (χ0v) is 39.2. The molecule has 0 N–H and O–H groups in total. The SMILES string of the molecule is CC/C=C\C/C=C\C/C=C\C/C=C\C/C=C\CCCCCC(=O)OC[C@@H](COC(=O)CCCCCCCCCCCCC)OC(=O)CCCCCCC/C=C\CCCCC. The van der Waals surface area contributed by atoms with Gasteiger partial charge in [0.25, 0.3) is 0 Å². The molecule has 0 amide bonds. The quantitative estimate of drug-likeness (QED) is 0.0263. The maximum absolute atomic E-state index is 12.7. The highest BCUT2D eigenvalue weighted by atomic mass is 16.6. The Bertz CT molecular complexity index is 1140. The van der Waals surface area contributed by atoms with Crippen LogP contribution in [-0.2, 0) is 28.6 Å². The lowest BCUT2D eigenvalue weighted by molar-refractivity contribution is -0.167. The van der Waals surface area contributed by atoms with Crippen LogP contribution in [-0.4, -0.2) is 37.2 Å². The summed E-state index contributed by atoms with van der Waals surface area (Å²) in [4.78, 5) is 37.9. The summed E-state index contributed by atoms with van der Waals surface area (Å²) in [5.74, 6) is -0.932. The van der Waals surface area contributed by atoms with Gasteiger partial charge in [-0.2, -0.15) is 0 Å². The van der Waals surface area contributed by atoms with Gasteiger partial charge >= 0.3 is 17.9 Å². The molecule has 0 saturated heterocycles. The van der Waals surface area contributed by atoms with Gasteiger partial charge in [0.05, 0.1) is 0 Å². The Hall–Kier alpha value is -3.15. The number of esters is 3. The molecule has 0 aromatic rings. The van der Waals surface area contributed by atoms with E-state index in [1.807, 2.05) is 0 Å². The van der Waals surface area contributed by atoms with Crippen LogP contribution in [0.1, 0.15) is 233 Å². The Morgan fingerprint density at radius 2 is 0.650 bits per heavy atom. The fourth-order valence-corrected chi connectivity index (χ4v) is 6.70. The first-order chi connectivity index (χ1) is 29.5. The van der Waals surface area contributed by atoms with Gasteiger partial charge in [-0.1, -0.05) is 196 Å². The van der Waals surface area contributed by atoms with E-state index in [9.17, 15) is 14.4 Å². The van der Waals surface area contributed by atoms with Crippen molar-refractivity contribution in [2.75, 3.05) is 13.2 Å². The molecule has 0 aromatic carbocycles. The van der Waals surface area contributed by atoms with Crippen molar-refractivity contribution in [3.63, 3.8) is 0 Å². The van der Waals surface area contributed by atoms with Crippen LogP contribution in [0, 0.1) is 0 Å². The second-order valence-electron chi connectivity index (χ2n) is 16.3. The monoisotopic (exact) mass is 837 g/mol. The maximum atomic E-state index is 12.7. The maximum Gasteiger partial charge on any atom is 0.306 e. The molecule has 0 aliphatic carbocycles. The molecular formula is C54H92O6. The molecule has 0 fully saturated rings. The minimum Gasteiger partial charge on any atom is -0.462 e. The fraction of sp³-hybridized carbons (Fsp3) is 0.722. The molecule has 6 nitrogen and oxygen atoms in total. The Morgan fingerprint density at radius 1 is 0.350 bits per heavy atom. The first-order valence-corrected chi connectivity index (χ1v) is 24.9. The van der Waals surface area contributed by atoms with Crippen LogP contribution in [0.4, 0.5) is 0 Å². The van der Waals surface area contributed by atoms with Gasteiger partial charge in [0.15, 0.2) is 6.10 Å². The molecule has 6 heteroatoms. The van der Waals surface area contributed by atoms with E-state index in [-0.39, 0.29) is 31.1 Å². The van der Waals surface area contributed by atoms with Crippen LogP contribution in [0.2, 0.25) is 0 Å². The van der Waals surface area contributed by atoms with Gasteiger partial charge < -0.3 is 14.2 Å². The summed E-state index contributed by atoms with van der Waals surface area (Å²) < 4.78 is 16.7. The highest BCUT2D eigenvalue weighted by Crippen LogP contribution is 2.14. The fourth-order valence-electron chi connectivity index (χ4n) is 6.70. The van der Waals surface area contributed by atoms with Crippen molar-refractivity contribution in [1.82, 2.24) is 0 Å². The Morgan fingerprint density at radius 3 is 1.08 bits per heavy atom. The molecule has 0 spiro atoms. The third-order valence-corrected chi connectivity index (χ3v) is 10.4. The number of hydrogen-bond acceptors (Lipinski definition) is 6. The number of hydrogen-bond donors (Lipinski definition) is 0. The molecule has 0 bridgehead atoms. The standard InChI is InChI=1S/C54H92O6/c1-4-7-10-13-16-19-22-24-25-26-27-28-29-30-33-35-38-41-44-47-53(56)59-50-51(49-58-52(55)46-43-40-37-34-31-21-18-15-12-9-6-3)60-54(57)48-45-42-39-36-32-23-20-17-14-11-8-5-2/h7,10,16-17,19-20,24-25,27-28,30,33,51H,4-6,8-9,11-15,18,21-23,26,29,31-32,34-50H2,1-3H3/b10-7-,19-16-,20-17-,25-24-,28-27-,33-30-/t51-/m1/s1. The predicted octanol–water partition coefficient (Wildman–Crippen LogP) is 16.3. The summed E-state index contributed by atoms with van der Waals surface area (Å²) in [6, 6.07) is 0.